The van der Waals surface area contributed by atoms with E-state index in [0.29, 0.717) is 16.5 Å². The fraction of sp³-hybridized carbons (Fsp3) is 0.270. The Hall–Kier alpha value is -3.64. The molecule has 1 fully saturated rings. The van der Waals surface area contributed by atoms with E-state index in [0.717, 1.165) is 84.5 Å². The second-order valence-electron chi connectivity index (χ2n) is 11.5. The number of nitrogens with zero attached hydrogens (tertiary/aromatic N) is 1. The van der Waals surface area contributed by atoms with Gasteiger partial charge in [0.15, 0.2) is 0 Å². The van der Waals surface area contributed by atoms with Gasteiger partial charge in [-0.3, -0.25) is 9.29 Å². The van der Waals surface area contributed by atoms with Crippen LogP contribution in [0, 0.1) is 0 Å². The van der Waals surface area contributed by atoms with Crippen LogP contribution in [0.25, 0.3) is 22.3 Å². The highest BCUT2D eigenvalue weighted by Gasteiger charge is 2.25. The molecule has 0 spiro atoms. The van der Waals surface area contributed by atoms with Crippen molar-refractivity contribution in [2.75, 3.05) is 26.3 Å². The molecular formula is C37H34Cl2FNO3. The second kappa shape index (κ2) is 13.6. The Morgan fingerprint density at radius 1 is 0.909 bits per heavy atom. The molecule has 2 aliphatic rings. The summed E-state index contributed by atoms with van der Waals surface area (Å²) >= 11 is 13.1. The lowest BCUT2D eigenvalue weighted by molar-refractivity contribution is 0.0697. The van der Waals surface area contributed by atoms with Crippen molar-refractivity contribution in [3.05, 3.63) is 123 Å². The van der Waals surface area contributed by atoms with Crippen LogP contribution in [0.4, 0.5) is 4.39 Å². The average molecular weight is 631 g/mol. The zero-order valence-corrected chi connectivity index (χ0v) is 25.9. The van der Waals surface area contributed by atoms with Crippen LogP contribution in [-0.2, 0) is 6.42 Å². The average Bonchev–Trinajstić information content (AvgIpc) is 3.39. The Balaban J connectivity index is 1.38. The molecule has 1 heterocycles. The molecule has 4 nitrogen and oxygen atoms in total. The third-order valence-electron chi connectivity index (χ3n) is 8.53. The highest BCUT2D eigenvalue weighted by Crippen LogP contribution is 2.43. The van der Waals surface area contributed by atoms with Crippen molar-refractivity contribution >= 4 is 40.3 Å². The normalized spacial score (nSPS) is 16.9. The predicted octanol–water partition coefficient (Wildman–Crippen LogP) is 9.47. The van der Waals surface area contributed by atoms with Gasteiger partial charge in [-0.25, -0.2) is 4.79 Å². The smallest absolute Gasteiger partial charge is 0.335 e. The van der Waals surface area contributed by atoms with Crippen LogP contribution in [0.1, 0.15) is 58.3 Å². The molecule has 1 aliphatic carbocycles. The molecule has 0 radical (unpaired) electrons. The lowest BCUT2D eigenvalue weighted by Crippen LogP contribution is -2.26. The number of fused-ring (bicyclic) bond motifs is 1. The number of carboxylic acids is 1. The number of ether oxygens (including phenoxy) is 1. The standard InChI is InChI=1S/C37H34Cl2FNO3/c38-29-11-15-33(35(39)22-29)34-7-2-5-27-20-26(25-4-1-6-28(21-25)37(42)43)10-14-32(27)36(34)24-8-12-30(13-9-24)44-31-16-19-41(23-31)18-3-17-40/h1,4,6,8-15,20-22,31H,2-3,5,7,16-19,23H2,(H,42,43)/t31-/m0/s1. The number of hydrogen-bond donors (Lipinski definition) is 1. The van der Waals surface area contributed by atoms with Crippen molar-refractivity contribution in [2.45, 2.75) is 38.2 Å². The van der Waals surface area contributed by atoms with Crippen molar-refractivity contribution < 1.29 is 19.0 Å². The van der Waals surface area contributed by atoms with Crippen LogP contribution in [0.5, 0.6) is 5.75 Å². The Morgan fingerprint density at radius 3 is 2.45 bits per heavy atom. The molecule has 7 heteroatoms. The first-order valence-electron chi connectivity index (χ1n) is 15.1. The van der Waals surface area contributed by atoms with Crippen molar-refractivity contribution in [3.8, 4) is 16.9 Å². The molecule has 6 rings (SSSR count). The van der Waals surface area contributed by atoms with Crippen LogP contribution in [0.3, 0.4) is 0 Å². The van der Waals surface area contributed by atoms with E-state index >= 15 is 0 Å². The van der Waals surface area contributed by atoms with Crippen molar-refractivity contribution in [2.24, 2.45) is 0 Å². The summed E-state index contributed by atoms with van der Waals surface area (Å²) in [5, 5.41) is 10.7. The van der Waals surface area contributed by atoms with Gasteiger partial charge >= 0.3 is 5.97 Å². The molecule has 0 aromatic heterocycles. The maximum absolute atomic E-state index is 12.6. The van der Waals surface area contributed by atoms with E-state index in [-0.39, 0.29) is 18.3 Å². The van der Waals surface area contributed by atoms with E-state index in [4.69, 9.17) is 27.9 Å². The summed E-state index contributed by atoms with van der Waals surface area (Å²) in [6, 6.07) is 27.4. The highest BCUT2D eigenvalue weighted by molar-refractivity contribution is 6.36. The number of aromatic carboxylic acids is 1. The topological polar surface area (TPSA) is 49.8 Å². The maximum Gasteiger partial charge on any atom is 0.335 e. The lowest BCUT2D eigenvalue weighted by atomic mass is 9.86. The SMILES string of the molecule is O=C(O)c1cccc(-c2ccc3c(c2)CCCC(c2ccc(Cl)cc2Cl)=C3c2ccc(O[C@H]3CCN(CCCF)C3)cc2)c1. The molecule has 1 N–H and O–H groups in total. The quantitative estimate of drug-likeness (QED) is 0.200. The van der Waals surface area contributed by atoms with Crippen molar-refractivity contribution in [1.29, 1.82) is 0 Å². The van der Waals surface area contributed by atoms with E-state index in [2.05, 4.69) is 35.2 Å². The van der Waals surface area contributed by atoms with Crippen LogP contribution in [0.2, 0.25) is 10.0 Å². The van der Waals surface area contributed by atoms with E-state index in [1.54, 1.807) is 24.3 Å². The summed E-state index contributed by atoms with van der Waals surface area (Å²) in [6.07, 6.45) is 4.24. The summed E-state index contributed by atoms with van der Waals surface area (Å²) < 4.78 is 18.9. The molecule has 0 bridgehead atoms. The summed E-state index contributed by atoms with van der Waals surface area (Å²) in [7, 11) is 0. The fourth-order valence-corrected chi connectivity index (χ4v) is 6.93. The molecule has 1 saturated heterocycles. The monoisotopic (exact) mass is 629 g/mol. The molecule has 0 unspecified atom stereocenters. The molecule has 44 heavy (non-hydrogen) atoms. The first kappa shape index (κ1) is 30.4. The third-order valence-corrected chi connectivity index (χ3v) is 9.08. The Labute approximate surface area is 267 Å². The Bertz CT molecular complexity index is 1700. The van der Waals surface area contributed by atoms with Gasteiger partial charge in [-0.05, 0) is 113 Å². The number of allylic oxidation sites excluding steroid dienone is 1. The van der Waals surface area contributed by atoms with Gasteiger partial charge < -0.3 is 9.84 Å². The number of hydrogen-bond acceptors (Lipinski definition) is 3. The zero-order chi connectivity index (χ0) is 30.6. The van der Waals surface area contributed by atoms with Gasteiger partial charge in [0.1, 0.15) is 11.9 Å². The van der Waals surface area contributed by atoms with Gasteiger partial charge in [-0.2, -0.15) is 0 Å². The zero-order valence-electron chi connectivity index (χ0n) is 24.4. The van der Waals surface area contributed by atoms with Crippen LogP contribution < -0.4 is 4.74 Å². The number of alkyl halides is 1. The van der Waals surface area contributed by atoms with Crippen LogP contribution in [0.15, 0.2) is 84.9 Å². The van der Waals surface area contributed by atoms with E-state index in [1.165, 1.54) is 11.1 Å². The molecule has 226 valence electrons. The summed E-state index contributed by atoms with van der Waals surface area (Å²) in [5.41, 5.74) is 8.80. The number of carboxylic acid groups (broad SMARTS) is 1. The Morgan fingerprint density at radius 2 is 1.68 bits per heavy atom. The van der Waals surface area contributed by atoms with E-state index in [9.17, 15) is 14.3 Å². The molecule has 4 aromatic carbocycles. The Kier molecular flexibility index (Phi) is 9.36. The minimum atomic E-state index is -0.939. The molecule has 0 saturated carbocycles. The number of benzene rings is 4. The van der Waals surface area contributed by atoms with Gasteiger partial charge in [0, 0.05) is 29.7 Å². The van der Waals surface area contributed by atoms with Gasteiger partial charge in [-0.15, -0.1) is 0 Å². The molecule has 0 amide bonds. The van der Waals surface area contributed by atoms with E-state index < -0.39 is 5.97 Å². The molecular weight excluding hydrogens is 596 g/mol. The first-order valence-corrected chi connectivity index (χ1v) is 15.9. The summed E-state index contributed by atoms with van der Waals surface area (Å²) in [5.74, 6) is -0.119. The molecule has 1 aliphatic heterocycles. The summed E-state index contributed by atoms with van der Waals surface area (Å²) in [6.45, 7) is 2.23. The summed E-state index contributed by atoms with van der Waals surface area (Å²) in [4.78, 5) is 13.9. The second-order valence-corrected chi connectivity index (χ2v) is 12.3. The maximum atomic E-state index is 12.6. The predicted molar refractivity (Wildman–Crippen MR) is 177 cm³/mol. The van der Waals surface area contributed by atoms with Crippen molar-refractivity contribution in [3.63, 3.8) is 0 Å². The third kappa shape index (κ3) is 6.71. The van der Waals surface area contributed by atoms with Gasteiger partial charge in [-0.1, -0.05) is 71.7 Å². The fourth-order valence-electron chi connectivity index (χ4n) is 6.40. The molecule has 4 aromatic rings. The minimum absolute atomic E-state index is 0.0970. The van der Waals surface area contributed by atoms with Gasteiger partial charge in [0.05, 0.1) is 12.2 Å². The number of carbonyl (C=O) groups is 1. The van der Waals surface area contributed by atoms with E-state index in [1.807, 2.05) is 30.3 Å². The number of likely N-dealkylation sites (tertiary alicyclic amines) is 1. The lowest BCUT2D eigenvalue weighted by Gasteiger charge is -2.19. The highest BCUT2D eigenvalue weighted by atomic mass is 35.5. The van der Waals surface area contributed by atoms with Crippen LogP contribution in [-0.4, -0.2) is 48.4 Å². The molecule has 1 atom stereocenters. The minimum Gasteiger partial charge on any atom is -0.489 e. The van der Waals surface area contributed by atoms with Crippen LogP contribution >= 0.6 is 23.2 Å². The number of rotatable bonds is 9. The van der Waals surface area contributed by atoms with Gasteiger partial charge in [0.2, 0.25) is 0 Å². The van der Waals surface area contributed by atoms with Crippen molar-refractivity contribution in [1.82, 2.24) is 4.90 Å². The van der Waals surface area contributed by atoms with Gasteiger partial charge in [0.25, 0.3) is 0 Å². The number of halogens is 3. The number of aryl methyl sites for hydroxylation is 1. The largest absolute Gasteiger partial charge is 0.489 e. The first-order chi connectivity index (χ1) is 21.4.